The molecule has 7 heteroatoms. The predicted molar refractivity (Wildman–Crippen MR) is 97.0 cm³/mol. The SMILES string of the molecule is CCS(=O)(=O)N1CCCc2cc(C(=O)NCc3cccnc3)ccc21. The smallest absolute Gasteiger partial charge is 0.251 e. The Morgan fingerprint density at radius 2 is 2.16 bits per heavy atom. The number of aryl methyl sites for hydroxylation is 1. The van der Waals surface area contributed by atoms with E-state index in [-0.39, 0.29) is 11.7 Å². The van der Waals surface area contributed by atoms with E-state index in [9.17, 15) is 13.2 Å². The second-order valence-corrected chi connectivity index (χ2v) is 8.15. The molecule has 3 rings (SSSR count). The normalized spacial score (nSPS) is 14.0. The van der Waals surface area contributed by atoms with Gasteiger partial charge in [-0.3, -0.25) is 14.1 Å². The number of hydrogen-bond acceptors (Lipinski definition) is 4. The van der Waals surface area contributed by atoms with Crippen molar-refractivity contribution in [3.63, 3.8) is 0 Å². The number of nitrogens with one attached hydrogen (secondary N) is 1. The van der Waals surface area contributed by atoms with Gasteiger partial charge in [0.15, 0.2) is 0 Å². The summed E-state index contributed by atoms with van der Waals surface area (Å²) < 4.78 is 25.9. The number of hydrogen-bond donors (Lipinski definition) is 1. The van der Waals surface area contributed by atoms with Crippen molar-refractivity contribution in [2.45, 2.75) is 26.3 Å². The topological polar surface area (TPSA) is 79.4 Å². The van der Waals surface area contributed by atoms with Gasteiger partial charge in [0.2, 0.25) is 10.0 Å². The number of nitrogens with zero attached hydrogens (tertiary/aromatic N) is 2. The van der Waals surface area contributed by atoms with Crippen LogP contribution in [0.15, 0.2) is 42.7 Å². The zero-order valence-electron chi connectivity index (χ0n) is 14.1. The summed E-state index contributed by atoms with van der Waals surface area (Å²) in [4.78, 5) is 16.4. The van der Waals surface area contributed by atoms with Crippen LogP contribution in [0.4, 0.5) is 5.69 Å². The van der Waals surface area contributed by atoms with Crippen molar-refractivity contribution in [3.05, 3.63) is 59.4 Å². The molecule has 1 aromatic carbocycles. The van der Waals surface area contributed by atoms with E-state index in [1.165, 1.54) is 4.31 Å². The van der Waals surface area contributed by atoms with E-state index < -0.39 is 10.0 Å². The van der Waals surface area contributed by atoms with Gasteiger partial charge in [0.1, 0.15) is 0 Å². The molecule has 1 aromatic heterocycles. The third kappa shape index (κ3) is 3.82. The van der Waals surface area contributed by atoms with Crippen molar-refractivity contribution in [1.82, 2.24) is 10.3 Å². The molecule has 25 heavy (non-hydrogen) atoms. The highest BCUT2D eigenvalue weighted by Crippen LogP contribution is 2.30. The summed E-state index contributed by atoms with van der Waals surface area (Å²) in [5, 5.41) is 2.86. The van der Waals surface area contributed by atoms with E-state index in [1.807, 2.05) is 12.1 Å². The first-order chi connectivity index (χ1) is 12.0. The summed E-state index contributed by atoms with van der Waals surface area (Å²) in [7, 11) is -3.29. The van der Waals surface area contributed by atoms with Gasteiger partial charge in [0, 0.05) is 31.0 Å². The molecule has 0 aliphatic carbocycles. The van der Waals surface area contributed by atoms with E-state index in [1.54, 1.807) is 37.5 Å². The molecule has 0 spiro atoms. The number of anilines is 1. The van der Waals surface area contributed by atoms with Gasteiger partial charge in [0.25, 0.3) is 5.91 Å². The molecule has 0 radical (unpaired) electrons. The van der Waals surface area contributed by atoms with Crippen LogP contribution in [0.3, 0.4) is 0 Å². The zero-order chi connectivity index (χ0) is 17.9. The second-order valence-electron chi connectivity index (χ2n) is 5.96. The number of rotatable bonds is 5. The van der Waals surface area contributed by atoms with Crippen molar-refractivity contribution < 1.29 is 13.2 Å². The number of carbonyl (C=O) groups is 1. The molecule has 0 saturated heterocycles. The number of pyridine rings is 1. The van der Waals surface area contributed by atoms with Crippen molar-refractivity contribution in [1.29, 1.82) is 0 Å². The van der Waals surface area contributed by atoms with Crippen LogP contribution in [0.2, 0.25) is 0 Å². The summed E-state index contributed by atoms with van der Waals surface area (Å²) in [5.41, 5.74) is 3.06. The zero-order valence-corrected chi connectivity index (χ0v) is 14.9. The Kier molecular flexibility index (Phi) is 5.03. The fraction of sp³-hybridized carbons (Fsp3) is 0.333. The van der Waals surface area contributed by atoms with Crippen LogP contribution in [0.25, 0.3) is 0 Å². The molecular weight excluding hydrogens is 338 g/mol. The Hall–Kier alpha value is -2.41. The molecule has 1 aliphatic rings. The summed E-state index contributed by atoms with van der Waals surface area (Å²) in [6, 6.07) is 8.93. The van der Waals surface area contributed by atoms with Crippen molar-refractivity contribution in [3.8, 4) is 0 Å². The number of carbonyl (C=O) groups excluding carboxylic acids is 1. The van der Waals surface area contributed by atoms with E-state index in [4.69, 9.17) is 0 Å². The minimum atomic E-state index is -3.29. The number of benzene rings is 1. The standard InChI is InChI=1S/C18H21N3O3S/c1-2-25(23,24)21-10-4-6-15-11-16(7-8-17(15)21)18(22)20-13-14-5-3-9-19-12-14/h3,5,7-9,11-12H,2,4,6,10,13H2,1H3,(H,20,22). The van der Waals surface area contributed by atoms with Gasteiger partial charge in [0.05, 0.1) is 11.4 Å². The first-order valence-electron chi connectivity index (χ1n) is 8.31. The summed E-state index contributed by atoms with van der Waals surface area (Å²) in [6.07, 6.45) is 4.92. The van der Waals surface area contributed by atoms with Crippen LogP contribution in [0, 0.1) is 0 Å². The van der Waals surface area contributed by atoms with Crippen LogP contribution in [0.5, 0.6) is 0 Å². The van der Waals surface area contributed by atoms with Crippen molar-refractivity contribution in [2.75, 3.05) is 16.6 Å². The lowest BCUT2D eigenvalue weighted by Crippen LogP contribution is -2.36. The molecule has 0 unspecified atom stereocenters. The number of amides is 1. The van der Waals surface area contributed by atoms with E-state index >= 15 is 0 Å². The van der Waals surface area contributed by atoms with Gasteiger partial charge in [-0.15, -0.1) is 0 Å². The molecule has 1 aliphatic heterocycles. The number of aromatic nitrogens is 1. The molecule has 132 valence electrons. The van der Waals surface area contributed by atoms with Crippen LogP contribution in [0.1, 0.15) is 34.8 Å². The lowest BCUT2D eigenvalue weighted by molar-refractivity contribution is 0.0951. The minimum absolute atomic E-state index is 0.0692. The average Bonchev–Trinajstić information content (AvgIpc) is 2.66. The predicted octanol–water partition coefficient (Wildman–Crippen LogP) is 2.11. The first kappa shape index (κ1) is 17.4. The van der Waals surface area contributed by atoms with Crippen LogP contribution < -0.4 is 9.62 Å². The molecule has 0 fully saturated rings. The van der Waals surface area contributed by atoms with Gasteiger partial charge in [-0.05, 0) is 55.2 Å². The van der Waals surface area contributed by atoms with Crippen LogP contribution >= 0.6 is 0 Å². The maximum absolute atomic E-state index is 12.4. The van der Waals surface area contributed by atoms with E-state index in [0.29, 0.717) is 24.3 Å². The third-order valence-corrected chi connectivity index (χ3v) is 6.07. The Morgan fingerprint density at radius 1 is 1.32 bits per heavy atom. The molecule has 0 bridgehead atoms. The molecular formula is C18H21N3O3S. The molecule has 6 nitrogen and oxygen atoms in total. The fourth-order valence-electron chi connectivity index (χ4n) is 2.94. The van der Waals surface area contributed by atoms with Crippen molar-refractivity contribution in [2.24, 2.45) is 0 Å². The molecule has 2 heterocycles. The summed E-state index contributed by atoms with van der Waals surface area (Å²) in [6.45, 7) is 2.54. The highest BCUT2D eigenvalue weighted by Gasteiger charge is 2.26. The Bertz CT molecular complexity index is 866. The molecule has 0 saturated carbocycles. The lowest BCUT2D eigenvalue weighted by atomic mass is 10.0. The fourth-order valence-corrected chi connectivity index (χ4v) is 4.13. The van der Waals surface area contributed by atoms with Gasteiger partial charge >= 0.3 is 0 Å². The lowest BCUT2D eigenvalue weighted by Gasteiger charge is -2.30. The quantitative estimate of drug-likeness (QED) is 0.887. The van der Waals surface area contributed by atoms with E-state index in [2.05, 4.69) is 10.3 Å². The van der Waals surface area contributed by atoms with Crippen molar-refractivity contribution >= 4 is 21.6 Å². The molecule has 1 N–H and O–H groups in total. The van der Waals surface area contributed by atoms with Crippen LogP contribution in [-0.4, -0.2) is 31.6 Å². The summed E-state index contributed by atoms with van der Waals surface area (Å²) in [5.74, 6) is -0.109. The van der Waals surface area contributed by atoms with Crippen LogP contribution in [-0.2, 0) is 23.0 Å². The molecule has 1 amide bonds. The van der Waals surface area contributed by atoms with E-state index in [0.717, 1.165) is 24.0 Å². The average molecular weight is 359 g/mol. The molecule has 0 atom stereocenters. The first-order valence-corrected chi connectivity index (χ1v) is 9.92. The second kappa shape index (κ2) is 7.23. The third-order valence-electron chi connectivity index (χ3n) is 4.29. The maximum atomic E-state index is 12.4. The number of sulfonamides is 1. The van der Waals surface area contributed by atoms with Gasteiger partial charge in [-0.1, -0.05) is 6.07 Å². The minimum Gasteiger partial charge on any atom is -0.348 e. The largest absolute Gasteiger partial charge is 0.348 e. The number of fused-ring (bicyclic) bond motifs is 1. The highest BCUT2D eigenvalue weighted by molar-refractivity contribution is 7.92. The Balaban J connectivity index is 1.78. The highest BCUT2D eigenvalue weighted by atomic mass is 32.2. The maximum Gasteiger partial charge on any atom is 0.251 e. The Labute approximate surface area is 147 Å². The van der Waals surface area contributed by atoms with Gasteiger partial charge < -0.3 is 5.32 Å². The molecule has 2 aromatic rings. The van der Waals surface area contributed by atoms with Gasteiger partial charge in [-0.2, -0.15) is 0 Å². The Morgan fingerprint density at radius 3 is 2.88 bits per heavy atom. The monoisotopic (exact) mass is 359 g/mol. The summed E-state index contributed by atoms with van der Waals surface area (Å²) >= 11 is 0. The van der Waals surface area contributed by atoms with Gasteiger partial charge in [-0.25, -0.2) is 8.42 Å².